The van der Waals surface area contributed by atoms with E-state index in [1.54, 1.807) is 0 Å². The summed E-state index contributed by atoms with van der Waals surface area (Å²) in [4.78, 5) is 12.3. The maximum atomic E-state index is 12.5. The van der Waals surface area contributed by atoms with Crippen LogP contribution in [0.1, 0.15) is 64.2 Å². The standard InChI is InChI=1S/C16H26N2O3S/c17-16-12-13(16)8-6-4-2-1-3-5-7-9-15(10-11-15)22(20,21)18-14(16)19/h6,8,13H,1-5,7,9-12,17H2,(H,18,19)/b8-6-/t13-,16-/m1/s1. The van der Waals surface area contributed by atoms with Gasteiger partial charge in [-0.2, -0.15) is 0 Å². The number of nitrogens with two attached hydrogens (primary N) is 1. The Bertz CT molecular complexity index is 580. The van der Waals surface area contributed by atoms with Crippen LogP contribution >= 0.6 is 0 Å². The molecule has 1 amide bonds. The van der Waals surface area contributed by atoms with Gasteiger partial charge in [0.05, 0.1) is 4.75 Å². The number of carbonyl (C=O) groups excluding carboxylic acids is 1. The van der Waals surface area contributed by atoms with Gasteiger partial charge in [-0.1, -0.05) is 37.8 Å². The smallest absolute Gasteiger partial charge is 0.254 e. The summed E-state index contributed by atoms with van der Waals surface area (Å²) < 4.78 is 26.6. The number of rotatable bonds is 0. The van der Waals surface area contributed by atoms with Crippen LogP contribution in [0.25, 0.3) is 0 Å². The van der Waals surface area contributed by atoms with Crippen molar-refractivity contribution in [2.75, 3.05) is 0 Å². The summed E-state index contributed by atoms with van der Waals surface area (Å²) in [6.45, 7) is 0. The molecule has 5 nitrogen and oxygen atoms in total. The Hall–Kier alpha value is -0.880. The van der Waals surface area contributed by atoms with Gasteiger partial charge in [0.25, 0.3) is 5.91 Å². The van der Waals surface area contributed by atoms with E-state index in [2.05, 4.69) is 10.8 Å². The Labute approximate surface area is 132 Å². The third-order valence-corrected chi connectivity index (χ3v) is 7.66. The molecular formula is C16H26N2O3S. The van der Waals surface area contributed by atoms with Gasteiger partial charge in [-0.3, -0.25) is 9.52 Å². The Morgan fingerprint density at radius 3 is 2.50 bits per heavy atom. The predicted octanol–water partition coefficient (Wildman–Crippen LogP) is 1.98. The molecule has 1 heterocycles. The van der Waals surface area contributed by atoms with Crippen molar-refractivity contribution in [3.63, 3.8) is 0 Å². The molecule has 3 aliphatic rings. The van der Waals surface area contributed by atoms with Gasteiger partial charge in [0, 0.05) is 5.92 Å². The van der Waals surface area contributed by atoms with Gasteiger partial charge < -0.3 is 5.73 Å². The van der Waals surface area contributed by atoms with E-state index >= 15 is 0 Å². The van der Waals surface area contributed by atoms with Gasteiger partial charge in [0.15, 0.2) is 0 Å². The molecule has 0 bridgehead atoms. The number of hydrogen-bond acceptors (Lipinski definition) is 4. The SMILES string of the molecule is N[C@]12C[C@H]1/C=C\CCCCCCCC1(CC1)S(=O)(=O)NC2=O. The molecule has 2 atom stereocenters. The fourth-order valence-corrected chi connectivity index (χ4v) is 5.13. The van der Waals surface area contributed by atoms with Crippen LogP contribution in [0.15, 0.2) is 12.2 Å². The van der Waals surface area contributed by atoms with E-state index in [0.717, 1.165) is 32.1 Å². The Morgan fingerprint density at radius 2 is 1.77 bits per heavy atom. The molecule has 0 radical (unpaired) electrons. The summed E-state index contributed by atoms with van der Waals surface area (Å²) in [6.07, 6.45) is 13.1. The summed E-state index contributed by atoms with van der Waals surface area (Å²) in [5.74, 6) is -0.550. The summed E-state index contributed by atoms with van der Waals surface area (Å²) in [5, 5.41) is 0. The first kappa shape index (κ1) is 16.0. The van der Waals surface area contributed by atoms with Gasteiger partial charge in [0.2, 0.25) is 10.0 Å². The number of sulfonamides is 1. The zero-order valence-corrected chi connectivity index (χ0v) is 13.8. The molecule has 1 spiro atoms. The van der Waals surface area contributed by atoms with Crippen LogP contribution in [0.2, 0.25) is 0 Å². The molecule has 6 heteroatoms. The number of nitrogens with one attached hydrogen (secondary N) is 1. The molecule has 3 rings (SSSR count). The first-order chi connectivity index (χ1) is 10.4. The number of carbonyl (C=O) groups is 1. The van der Waals surface area contributed by atoms with E-state index in [-0.39, 0.29) is 5.92 Å². The maximum absolute atomic E-state index is 12.5. The van der Waals surface area contributed by atoms with E-state index < -0.39 is 26.2 Å². The molecule has 0 saturated heterocycles. The van der Waals surface area contributed by atoms with Crippen LogP contribution in [0, 0.1) is 5.92 Å². The van der Waals surface area contributed by atoms with Crippen molar-refractivity contribution >= 4 is 15.9 Å². The van der Waals surface area contributed by atoms with E-state index in [9.17, 15) is 13.2 Å². The third kappa shape index (κ3) is 2.95. The molecule has 0 aromatic rings. The normalized spacial score (nSPS) is 39.0. The topological polar surface area (TPSA) is 89.3 Å². The second kappa shape index (κ2) is 5.64. The molecule has 0 unspecified atom stereocenters. The molecule has 22 heavy (non-hydrogen) atoms. The van der Waals surface area contributed by atoms with Crippen molar-refractivity contribution in [1.82, 2.24) is 4.72 Å². The summed E-state index contributed by atoms with van der Waals surface area (Å²) >= 11 is 0. The van der Waals surface area contributed by atoms with Crippen molar-refractivity contribution in [3.05, 3.63) is 12.2 Å². The second-order valence-corrected chi connectivity index (χ2v) is 9.28. The summed E-state index contributed by atoms with van der Waals surface area (Å²) in [6, 6.07) is 0. The van der Waals surface area contributed by atoms with Crippen molar-refractivity contribution in [2.24, 2.45) is 11.7 Å². The molecule has 0 aromatic heterocycles. The van der Waals surface area contributed by atoms with Gasteiger partial charge in [0.1, 0.15) is 5.54 Å². The molecule has 2 saturated carbocycles. The molecular weight excluding hydrogens is 300 g/mol. The third-order valence-electron chi connectivity index (χ3n) is 5.46. The van der Waals surface area contributed by atoms with E-state index in [4.69, 9.17) is 5.73 Å². The van der Waals surface area contributed by atoms with Crippen LogP contribution in [-0.4, -0.2) is 24.6 Å². The number of allylic oxidation sites excluding steroid dienone is 1. The maximum Gasteiger partial charge on any atom is 0.254 e. The lowest BCUT2D eigenvalue weighted by Gasteiger charge is -2.19. The van der Waals surface area contributed by atoms with Crippen LogP contribution in [0.3, 0.4) is 0 Å². The average molecular weight is 326 g/mol. The van der Waals surface area contributed by atoms with Crippen LogP contribution in [-0.2, 0) is 14.8 Å². The summed E-state index contributed by atoms with van der Waals surface area (Å²) in [5.41, 5.74) is 5.05. The number of hydrogen-bond donors (Lipinski definition) is 2. The predicted molar refractivity (Wildman–Crippen MR) is 85.5 cm³/mol. The first-order valence-electron chi connectivity index (χ1n) is 8.42. The molecule has 3 N–H and O–H groups in total. The lowest BCUT2D eigenvalue weighted by Crippen LogP contribution is -2.49. The Kier molecular flexibility index (Phi) is 4.10. The number of amides is 1. The minimum atomic E-state index is -3.60. The highest BCUT2D eigenvalue weighted by molar-refractivity contribution is 7.91. The van der Waals surface area contributed by atoms with Gasteiger partial charge in [-0.15, -0.1) is 0 Å². The first-order valence-corrected chi connectivity index (χ1v) is 9.90. The molecule has 2 aliphatic carbocycles. The van der Waals surface area contributed by atoms with Gasteiger partial charge in [-0.25, -0.2) is 8.42 Å². The summed E-state index contributed by atoms with van der Waals surface area (Å²) in [7, 11) is -3.60. The Morgan fingerprint density at radius 1 is 1.09 bits per heavy atom. The minimum absolute atomic E-state index is 0.0250. The molecule has 124 valence electrons. The fraction of sp³-hybridized carbons (Fsp3) is 0.812. The van der Waals surface area contributed by atoms with E-state index in [1.807, 2.05) is 6.08 Å². The second-order valence-electron chi connectivity index (χ2n) is 7.20. The molecule has 1 aliphatic heterocycles. The Balaban J connectivity index is 1.75. The van der Waals surface area contributed by atoms with Crippen molar-refractivity contribution < 1.29 is 13.2 Å². The zero-order valence-electron chi connectivity index (χ0n) is 13.0. The highest BCUT2D eigenvalue weighted by Crippen LogP contribution is 2.48. The van der Waals surface area contributed by atoms with Gasteiger partial charge in [-0.05, 0) is 38.5 Å². The van der Waals surface area contributed by atoms with Crippen LogP contribution in [0.5, 0.6) is 0 Å². The fourth-order valence-electron chi connectivity index (χ4n) is 3.42. The number of fused-ring (bicyclic) bond motifs is 1. The van der Waals surface area contributed by atoms with E-state index in [1.165, 1.54) is 6.42 Å². The van der Waals surface area contributed by atoms with Crippen LogP contribution < -0.4 is 10.5 Å². The lowest BCUT2D eigenvalue weighted by atomic mass is 10.1. The zero-order chi connectivity index (χ0) is 15.8. The average Bonchev–Trinajstić information content (AvgIpc) is 3.34. The van der Waals surface area contributed by atoms with Crippen molar-refractivity contribution in [2.45, 2.75) is 74.5 Å². The van der Waals surface area contributed by atoms with Crippen molar-refractivity contribution in [1.29, 1.82) is 0 Å². The molecule has 2 fully saturated rings. The quantitative estimate of drug-likeness (QED) is 0.666. The molecule has 0 aromatic carbocycles. The minimum Gasteiger partial charge on any atom is -0.317 e. The monoisotopic (exact) mass is 326 g/mol. The highest BCUT2D eigenvalue weighted by atomic mass is 32.2. The van der Waals surface area contributed by atoms with Gasteiger partial charge >= 0.3 is 0 Å². The van der Waals surface area contributed by atoms with Crippen molar-refractivity contribution in [3.8, 4) is 0 Å². The van der Waals surface area contributed by atoms with Crippen LogP contribution in [0.4, 0.5) is 0 Å². The van der Waals surface area contributed by atoms with E-state index in [0.29, 0.717) is 25.7 Å². The lowest BCUT2D eigenvalue weighted by molar-refractivity contribution is -0.121. The highest BCUT2D eigenvalue weighted by Gasteiger charge is 2.60. The largest absolute Gasteiger partial charge is 0.317 e.